The Morgan fingerprint density at radius 3 is 2.68 bits per heavy atom. The third-order valence-electron chi connectivity index (χ3n) is 10.8. The topological polar surface area (TPSA) is 73.1 Å². The third kappa shape index (κ3) is 4.54. The van der Waals surface area contributed by atoms with Crippen LogP contribution in [0.4, 0.5) is 4.39 Å². The number of thioether (sulfide) groups is 1. The van der Waals surface area contributed by atoms with Crippen molar-refractivity contribution >= 4 is 22.5 Å². The van der Waals surface area contributed by atoms with Gasteiger partial charge >= 0.3 is 12.1 Å². The molecule has 8 heteroatoms. The molecule has 2 aromatic carbocycles. The van der Waals surface area contributed by atoms with Gasteiger partial charge in [-0.1, -0.05) is 57.0 Å². The molecule has 1 N–H and O–H groups in total. The second-order valence-electron chi connectivity index (χ2n) is 12.9. The van der Waals surface area contributed by atoms with Crippen molar-refractivity contribution in [3.63, 3.8) is 0 Å². The highest BCUT2D eigenvalue weighted by Gasteiger charge is 2.61. The largest absolute Gasteiger partial charge is 0.424 e. The SMILES string of the molecule is C#CC1(O)CCC2[C@@H]3CCc4cc(Oc5nc(F)nc(-c6c7ccccc7c(SCC)n6CCC)n5)ccc4C3CC[C@@]21C. The van der Waals surface area contributed by atoms with Gasteiger partial charge in [0.05, 0.1) is 10.7 Å². The fraction of sp³-hybridized carbons (Fsp3) is 0.472. The van der Waals surface area contributed by atoms with E-state index in [-0.39, 0.29) is 17.2 Å². The van der Waals surface area contributed by atoms with Crippen LogP contribution in [0.1, 0.15) is 76.3 Å². The number of hydrogen-bond donors (Lipinski definition) is 1. The molecule has 0 amide bonds. The highest BCUT2D eigenvalue weighted by Crippen LogP contribution is 2.64. The van der Waals surface area contributed by atoms with E-state index in [0.717, 1.165) is 72.3 Å². The Morgan fingerprint density at radius 1 is 1.09 bits per heavy atom. The number of fused-ring (bicyclic) bond motifs is 6. The molecule has 0 aliphatic heterocycles. The second kappa shape index (κ2) is 11.2. The van der Waals surface area contributed by atoms with E-state index in [1.807, 2.05) is 24.3 Å². The molecule has 2 aromatic heterocycles. The van der Waals surface area contributed by atoms with Gasteiger partial charge in [0.15, 0.2) is 5.82 Å². The molecular weight excluding hydrogens is 571 g/mol. The molecule has 3 aliphatic carbocycles. The Bertz CT molecular complexity index is 1780. The monoisotopic (exact) mass is 610 g/mol. The number of aliphatic hydroxyl groups is 1. The summed E-state index contributed by atoms with van der Waals surface area (Å²) in [6.07, 6.45) is 11.5. The van der Waals surface area contributed by atoms with Crippen LogP contribution in [0.2, 0.25) is 0 Å². The Hall–Kier alpha value is -3.41. The fourth-order valence-electron chi connectivity index (χ4n) is 8.70. The quantitative estimate of drug-likeness (QED) is 0.168. The van der Waals surface area contributed by atoms with E-state index in [1.165, 1.54) is 11.1 Å². The first-order valence-corrected chi connectivity index (χ1v) is 17.0. The molecule has 5 atom stereocenters. The van der Waals surface area contributed by atoms with Crippen molar-refractivity contribution in [3.8, 4) is 35.6 Å². The van der Waals surface area contributed by atoms with Gasteiger partial charge in [-0.3, -0.25) is 0 Å². The number of halogens is 1. The molecule has 2 heterocycles. The van der Waals surface area contributed by atoms with Crippen LogP contribution in [0, 0.1) is 35.7 Å². The second-order valence-corrected chi connectivity index (χ2v) is 14.1. The molecule has 2 saturated carbocycles. The molecule has 0 radical (unpaired) electrons. The van der Waals surface area contributed by atoms with Crippen LogP contribution in [-0.4, -0.2) is 36.0 Å². The predicted molar refractivity (Wildman–Crippen MR) is 172 cm³/mol. The van der Waals surface area contributed by atoms with Gasteiger partial charge in [-0.25, -0.2) is 0 Å². The lowest BCUT2D eigenvalue weighted by Gasteiger charge is -2.52. The minimum absolute atomic E-state index is 0.0490. The molecule has 44 heavy (non-hydrogen) atoms. The minimum Gasteiger partial charge on any atom is -0.424 e. The molecule has 0 spiro atoms. The number of nitrogens with zero attached hydrogens (tertiary/aromatic N) is 4. The summed E-state index contributed by atoms with van der Waals surface area (Å²) in [6, 6.07) is 14.3. The zero-order valence-corrected chi connectivity index (χ0v) is 26.5. The van der Waals surface area contributed by atoms with E-state index in [4.69, 9.17) is 11.2 Å². The number of aryl methyl sites for hydroxylation is 1. The maximum atomic E-state index is 15.0. The molecule has 4 aromatic rings. The average Bonchev–Trinajstić information content (AvgIpc) is 3.48. The first kappa shape index (κ1) is 29.3. The van der Waals surface area contributed by atoms with Crippen LogP contribution >= 0.6 is 11.8 Å². The van der Waals surface area contributed by atoms with E-state index in [0.29, 0.717) is 29.9 Å². The molecule has 0 bridgehead atoms. The fourth-order valence-corrected chi connectivity index (χ4v) is 9.65. The van der Waals surface area contributed by atoms with Crippen LogP contribution in [-0.2, 0) is 13.0 Å². The molecule has 2 fully saturated rings. The lowest BCUT2D eigenvalue weighted by Crippen LogP contribution is -2.50. The van der Waals surface area contributed by atoms with Gasteiger partial charge in [0, 0.05) is 22.7 Å². The highest BCUT2D eigenvalue weighted by molar-refractivity contribution is 7.99. The van der Waals surface area contributed by atoms with Gasteiger partial charge in [0.2, 0.25) is 0 Å². The number of benzene rings is 2. The van der Waals surface area contributed by atoms with Gasteiger partial charge in [0.25, 0.3) is 0 Å². The van der Waals surface area contributed by atoms with Gasteiger partial charge in [-0.2, -0.15) is 14.4 Å². The van der Waals surface area contributed by atoms with E-state index in [2.05, 4.69) is 64.4 Å². The Morgan fingerprint density at radius 2 is 1.91 bits per heavy atom. The van der Waals surface area contributed by atoms with Gasteiger partial charge in [-0.15, -0.1) is 23.2 Å². The Kier molecular flexibility index (Phi) is 7.45. The van der Waals surface area contributed by atoms with Gasteiger partial charge in [-0.05, 0) is 91.7 Å². The number of rotatable bonds is 7. The summed E-state index contributed by atoms with van der Waals surface area (Å²) < 4.78 is 23.3. The molecular formula is C36H39FN4O2S. The van der Waals surface area contributed by atoms with Gasteiger partial charge < -0.3 is 14.4 Å². The average molecular weight is 611 g/mol. The molecule has 3 unspecified atom stereocenters. The van der Waals surface area contributed by atoms with Crippen LogP contribution in [0.5, 0.6) is 11.8 Å². The van der Waals surface area contributed by atoms with Crippen LogP contribution < -0.4 is 4.74 Å². The molecule has 6 nitrogen and oxygen atoms in total. The van der Waals surface area contributed by atoms with Crippen molar-refractivity contribution in [2.45, 2.75) is 88.8 Å². The Labute approximate surface area is 262 Å². The van der Waals surface area contributed by atoms with Crippen molar-refractivity contribution in [1.29, 1.82) is 0 Å². The maximum absolute atomic E-state index is 15.0. The van der Waals surface area contributed by atoms with Crippen molar-refractivity contribution in [1.82, 2.24) is 19.5 Å². The highest BCUT2D eigenvalue weighted by atomic mass is 32.2. The first-order valence-electron chi connectivity index (χ1n) is 16.0. The summed E-state index contributed by atoms with van der Waals surface area (Å²) in [5.41, 5.74) is 2.19. The summed E-state index contributed by atoms with van der Waals surface area (Å²) in [5, 5.41) is 14.5. The lowest BCUT2D eigenvalue weighted by atomic mass is 9.53. The summed E-state index contributed by atoms with van der Waals surface area (Å²) in [5.74, 6) is 5.94. The predicted octanol–water partition coefficient (Wildman–Crippen LogP) is 8.17. The summed E-state index contributed by atoms with van der Waals surface area (Å²) >= 11 is 1.77. The summed E-state index contributed by atoms with van der Waals surface area (Å²) in [6.45, 7) is 7.24. The molecule has 0 saturated heterocycles. The normalized spacial score (nSPS) is 27.4. The molecule has 7 rings (SSSR count). The number of ether oxygens (including phenoxy) is 1. The molecule has 228 valence electrons. The van der Waals surface area contributed by atoms with Crippen molar-refractivity contribution in [2.24, 2.45) is 17.3 Å². The van der Waals surface area contributed by atoms with E-state index in [9.17, 15) is 9.50 Å². The minimum atomic E-state index is -1.000. The lowest BCUT2D eigenvalue weighted by molar-refractivity contribution is -0.0646. The van der Waals surface area contributed by atoms with Crippen LogP contribution in [0.25, 0.3) is 22.3 Å². The molecule has 3 aliphatic rings. The standard InChI is InChI=1S/C36H39FN4O2S/c1-5-20-41-30(27-10-8-9-11-28(27)32(41)44-7-3)31-38-33(37)40-34(39-31)43-23-13-15-24-22(21-23)12-14-26-25(24)16-18-35(4)29(26)17-19-36(35,42)6-2/h2,8-11,13,15,21,25-26,29,42H,5,7,12,14,16-20H2,1,3-4H3/t25?,26-,29?,35+,36?/m1/s1. The Balaban J connectivity index is 1.19. The first-order chi connectivity index (χ1) is 21.3. The van der Waals surface area contributed by atoms with E-state index >= 15 is 0 Å². The smallest absolute Gasteiger partial charge is 0.328 e. The summed E-state index contributed by atoms with van der Waals surface area (Å²) in [4.78, 5) is 12.7. The third-order valence-corrected chi connectivity index (χ3v) is 11.8. The van der Waals surface area contributed by atoms with Crippen LogP contribution in [0.3, 0.4) is 0 Å². The number of hydrogen-bond acceptors (Lipinski definition) is 6. The van der Waals surface area contributed by atoms with Crippen molar-refractivity contribution < 1.29 is 14.2 Å². The number of aromatic nitrogens is 4. The van der Waals surface area contributed by atoms with Crippen LogP contribution in [0.15, 0.2) is 47.5 Å². The zero-order valence-electron chi connectivity index (χ0n) is 25.6. The zero-order chi connectivity index (χ0) is 30.6. The summed E-state index contributed by atoms with van der Waals surface area (Å²) in [7, 11) is 0. The van der Waals surface area contributed by atoms with E-state index < -0.39 is 11.7 Å². The number of terminal acetylenes is 1. The van der Waals surface area contributed by atoms with Crippen molar-refractivity contribution in [2.75, 3.05) is 5.75 Å². The van der Waals surface area contributed by atoms with Crippen molar-refractivity contribution in [3.05, 3.63) is 59.7 Å². The van der Waals surface area contributed by atoms with E-state index in [1.54, 1.807) is 11.8 Å². The maximum Gasteiger partial charge on any atom is 0.328 e. The van der Waals surface area contributed by atoms with Gasteiger partial charge in [0.1, 0.15) is 11.4 Å².